The highest BCUT2D eigenvalue weighted by atomic mass is 35.5. The fourth-order valence-corrected chi connectivity index (χ4v) is 1.68. The molecule has 0 fully saturated rings. The fourth-order valence-electron chi connectivity index (χ4n) is 1.68. The van der Waals surface area contributed by atoms with E-state index in [1.165, 1.54) is 0 Å². The lowest BCUT2D eigenvalue weighted by molar-refractivity contribution is -0.117. The Hall–Kier alpha value is -0.850. The van der Waals surface area contributed by atoms with E-state index in [1.54, 1.807) is 13.8 Å². The molecule has 78 valence electrons. The van der Waals surface area contributed by atoms with Gasteiger partial charge >= 0.3 is 0 Å². The highest BCUT2D eigenvalue weighted by Crippen LogP contribution is 2.33. The van der Waals surface area contributed by atoms with Gasteiger partial charge in [0.1, 0.15) is 5.54 Å². The summed E-state index contributed by atoms with van der Waals surface area (Å²) in [6.45, 7) is 5.35. The van der Waals surface area contributed by atoms with Crippen LogP contribution in [0.1, 0.15) is 27.2 Å². The second-order valence-corrected chi connectivity index (χ2v) is 3.76. The molecule has 0 heterocycles. The van der Waals surface area contributed by atoms with Crippen molar-refractivity contribution in [3.63, 3.8) is 0 Å². The minimum atomic E-state index is -0.946. The molecule has 4 heteroatoms. The van der Waals surface area contributed by atoms with Crippen LogP contribution < -0.4 is 5.73 Å². The highest BCUT2D eigenvalue weighted by molar-refractivity contribution is 5.97. The quantitative estimate of drug-likeness (QED) is 0.666. The van der Waals surface area contributed by atoms with Crippen molar-refractivity contribution in [2.75, 3.05) is 0 Å². The largest absolute Gasteiger partial charge is 0.310 e. The summed E-state index contributed by atoms with van der Waals surface area (Å²) in [7, 11) is 0. The van der Waals surface area contributed by atoms with Gasteiger partial charge in [-0.2, -0.15) is 5.26 Å². The first-order chi connectivity index (χ1) is 5.93. The molecule has 0 saturated heterocycles. The number of carbonyl (C=O) groups is 1. The van der Waals surface area contributed by atoms with Crippen LogP contribution in [-0.2, 0) is 4.79 Å². The van der Waals surface area contributed by atoms with Gasteiger partial charge in [0.2, 0.25) is 0 Å². The van der Waals surface area contributed by atoms with Gasteiger partial charge in [-0.05, 0) is 30.9 Å². The predicted molar refractivity (Wildman–Crippen MR) is 56.9 cm³/mol. The van der Waals surface area contributed by atoms with Crippen molar-refractivity contribution in [3.8, 4) is 6.07 Å². The fraction of sp³-hybridized carbons (Fsp3) is 0.600. The van der Waals surface area contributed by atoms with Crippen LogP contribution in [0.5, 0.6) is 0 Å². The number of allylic oxidation sites excluding steroid dienone is 1. The van der Waals surface area contributed by atoms with E-state index < -0.39 is 5.54 Å². The maximum atomic E-state index is 11.4. The van der Waals surface area contributed by atoms with Crippen molar-refractivity contribution < 1.29 is 4.79 Å². The average Bonchev–Trinajstić information content (AvgIpc) is 2.11. The second-order valence-electron chi connectivity index (χ2n) is 3.76. The number of hydrogen-bond donors (Lipinski definition) is 1. The molecule has 2 atom stereocenters. The van der Waals surface area contributed by atoms with Crippen molar-refractivity contribution in [3.05, 3.63) is 11.1 Å². The zero-order valence-electron chi connectivity index (χ0n) is 8.63. The van der Waals surface area contributed by atoms with Gasteiger partial charge in [0.15, 0.2) is 5.78 Å². The van der Waals surface area contributed by atoms with E-state index in [-0.39, 0.29) is 24.1 Å². The maximum Gasteiger partial charge on any atom is 0.159 e. The molecule has 0 radical (unpaired) electrons. The van der Waals surface area contributed by atoms with Crippen molar-refractivity contribution in [2.24, 2.45) is 11.7 Å². The zero-order valence-corrected chi connectivity index (χ0v) is 9.44. The van der Waals surface area contributed by atoms with Crippen LogP contribution in [0.4, 0.5) is 0 Å². The summed E-state index contributed by atoms with van der Waals surface area (Å²) in [6.07, 6.45) is 0.382. The van der Waals surface area contributed by atoms with Gasteiger partial charge in [0, 0.05) is 6.42 Å². The number of hydrogen-bond acceptors (Lipinski definition) is 3. The number of ketones is 1. The van der Waals surface area contributed by atoms with Gasteiger partial charge < -0.3 is 5.73 Å². The molecule has 0 bridgehead atoms. The van der Waals surface area contributed by atoms with Gasteiger partial charge in [0.25, 0.3) is 0 Å². The van der Waals surface area contributed by atoms with Crippen LogP contribution >= 0.6 is 12.4 Å². The van der Waals surface area contributed by atoms with Gasteiger partial charge in [-0.1, -0.05) is 6.92 Å². The third-order valence-corrected chi connectivity index (χ3v) is 3.06. The maximum absolute atomic E-state index is 11.4. The standard InChI is InChI=1S/C10H14N2O.ClH/c1-6-4-9(13)7(2)8(3)10(6,12)5-11;/h6H,4,12H2,1-3H3;1H. The third-order valence-electron chi connectivity index (χ3n) is 3.06. The summed E-state index contributed by atoms with van der Waals surface area (Å²) in [4.78, 5) is 11.4. The van der Waals surface area contributed by atoms with E-state index in [0.29, 0.717) is 12.0 Å². The number of halogens is 1. The number of carbonyl (C=O) groups excluding carboxylic acids is 1. The Kier molecular flexibility index (Phi) is 3.87. The minimum Gasteiger partial charge on any atom is -0.310 e. The first kappa shape index (κ1) is 13.2. The highest BCUT2D eigenvalue weighted by Gasteiger charge is 2.40. The van der Waals surface area contributed by atoms with E-state index in [1.807, 2.05) is 6.92 Å². The first-order valence-corrected chi connectivity index (χ1v) is 4.34. The molecule has 1 aliphatic carbocycles. The third kappa shape index (κ3) is 1.68. The average molecular weight is 215 g/mol. The number of nitrogens with zero attached hydrogens (tertiary/aromatic N) is 1. The SMILES string of the molecule is CC1=C(C)C(N)(C#N)C(C)CC1=O.Cl. The van der Waals surface area contributed by atoms with E-state index in [2.05, 4.69) is 6.07 Å². The monoisotopic (exact) mass is 214 g/mol. The Morgan fingerprint density at radius 1 is 1.57 bits per heavy atom. The molecule has 1 rings (SSSR count). The Morgan fingerprint density at radius 3 is 2.50 bits per heavy atom. The van der Waals surface area contributed by atoms with Gasteiger partial charge in [-0.25, -0.2) is 0 Å². The molecular weight excluding hydrogens is 200 g/mol. The van der Waals surface area contributed by atoms with Crippen molar-refractivity contribution in [1.82, 2.24) is 0 Å². The van der Waals surface area contributed by atoms with Crippen LogP contribution in [-0.4, -0.2) is 11.3 Å². The zero-order chi connectivity index (χ0) is 10.2. The minimum absolute atomic E-state index is 0. The lowest BCUT2D eigenvalue weighted by atomic mass is 9.71. The Morgan fingerprint density at radius 2 is 2.07 bits per heavy atom. The lowest BCUT2D eigenvalue weighted by Crippen LogP contribution is -2.49. The summed E-state index contributed by atoms with van der Waals surface area (Å²) in [6, 6.07) is 2.10. The molecule has 0 amide bonds. The smallest absolute Gasteiger partial charge is 0.159 e. The number of nitrogens with two attached hydrogens (primary N) is 1. The Labute approximate surface area is 90.4 Å². The molecule has 0 aromatic heterocycles. The summed E-state index contributed by atoms with van der Waals surface area (Å²) in [5.74, 6) is 0.0232. The van der Waals surface area contributed by atoms with Gasteiger partial charge in [-0.15, -0.1) is 12.4 Å². The van der Waals surface area contributed by atoms with Crippen LogP contribution in [0.15, 0.2) is 11.1 Å². The Balaban J connectivity index is 0.00000169. The second kappa shape index (κ2) is 4.12. The lowest BCUT2D eigenvalue weighted by Gasteiger charge is -2.34. The predicted octanol–water partition coefficient (Wildman–Crippen LogP) is 1.57. The van der Waals surface area contributed by atoms with Crippen LogP contribution in [0.2, 0.25) is 0 Å². The normalized spacial score (nSPS) is 32.2. The molecule has 0 saturated carbocycles. The molecule has 0 aromatic rings. The molecule has 14 heavy (non-hydrogen) atoms. The van der Waals surface area contributed by atoms with Gasteiger partial charge in [0.05, 0.1) is 6.07 Å². The molecular formula is C10H15ClN2O. The van der Waals surface area contributed by atoms with E-state index in [9.17, 15) is 4.79 Å². The molecule has 2 N–H and O–H groups in total. The van der Waals surface area contributed by atoms with E-state index in [4.69, 9.17) is 11.0 Å². The van der Waals surface area contributed by atoms with Crippen molar-refractivity contribution in [2.45, 2.75) is 32.7 Å². The summed E-state index contributed by atoms with van der Waals surface area (Å²) in [5.41, 5.74) is 6.36. The summed E-state index contributed by atoms with van der Waals surface area (Å²) in [5, 5.41) is 8.97. The Bertz CT molecular complexity index is 330. The summed E-state index contributed by atoms with van der Waals surface area (Å²) < 4.78 is 0. The molecule has 3 nitrogen and oxygen atoms in total. The van der Waals surface area contributed by atoms with Crippen molar-refractivity contribution in [1.29, 1.82) is 5.26 Å². The molecule has 2 unspecified atom stereocenters. The number of Topliss-reactive ketones (excluding diaryl/α,β-unsaturated/α-hetero) is 1. The topological polar surface area (TPSA) is 66.9 Å². The molecule has 1 aliphatic rings. The molecule has 0 spiro atoms. The molecule has 0 aromatic carbocycles. The van der Waals surface area contributed by atoms with Gasteiger partial charge in [-0.3, -0.25) is 4.79 Å². The first-order valence-electron chi connectivity index (χ1n) is 4.34. The van der Waals surface area contributed by atoms with Crippen LogP contribution in [0.25, 0.3) is 0 Å². The summed E-state index contributed by atoms with van der Waals surface area (Å²) >= 11 is 0. The number of nitriles is 1. The number of rotatable bonds is 0. The van der Waals surface area contributed by atoms with Crippen molar-refractivity contribution >= 4 is 18.2 Å². The van der Waals surface area contributed by atoms with Crippen LogP contribution in [0.3, 0.4) is 0 Å². The van der Waals surface area contributed by atoms with E-state index >= 15 is 0 Å². The van der Waals surface area contributed by atoms with E-state index in [0.717, 1.165) is 5.57 Å². The van der Waals surface area contributed by atoms with Crippen LogP contribution in [0, 0.1) is 17.2 Å². The molecule has 0 aliphatic heterocycles.